The molecule has 0 aliphatic carbocycles. The first-order valence-electron chi connectivity index (χ1n) is 11.6. The highest BCUT2D eigenvalue weighted by Gasteiger charge is 2.32. The van der Waals surface area contributed by atoms with Gasteiger partial charge >= 0.3 is 0 Å². The third kappa shape index (κ3) is 4.28. The number of benzene rings is 2. The number of carbonyl (C=O) groups is 1. The summed E-state index contributed by atoms with van der Waals surface area (Å²) in [4.78, 5) is 31.9. The third-order valence-electron chi connectivity index (χ3n) is 6.97. The van der Waals surface area contributed by atoms with Crippen LogP contribution >= 0.6 is 0 Å². The largest absolute Gasteiger partial charge is 0.371 e. The number of aromatic amines is 1. The van der Waals surface area contributed by atoms with Crippen molar-refractivity contribution >= 4 is 28.1 Å². The Morgan fingerprint density at radius 3 is 2.50 bits per heavy atom. The molecule has 1 aromatic heterocycles. The van der Waals surface area contributed by atoms with Crippen LogP contribution in [0, 0.1) is 0 Å². The van der Waals surface area contributed by atoms with Crippen molar-refractivity contribution in [2.24, 2.45) is 0 Å². The highest BCUT2D eigenvalue weighted by atomic mass is 16.1. The minimum Gasteiger partial charge on any atom is -0.371 e. The highest BCUT2D eigenvalue weighted by molar-refractivity contribution is 5.88. The summed E-state index contributed by atoms with van der Waals surface area (Å²) in [7, 11) is 0. The summed E-state index contributed by atoms with van der Waals surface area (Å²) in [6.45, 7) is 5.72. The molecule has 6 nitrogen and oxygen atoms in total. The average Bonchev–Trinajstić information content (AvgIpc) is 3.30. The molecule has 1 unspecified atom stereocenters. The van der Waals surface area contributed by atoms with Crippen LogP contribution in [0.5, 0.6) is 0 Å². The van der Waals surface area contributed by atoms with E-state index >= 15 is 0 Å². The van der Waals surface area contributed by atoms with Gasteiger partial charge in [0.05, 0.1) is 0 Å². The Morgan fingerprint density at radius 1 is 1.00 bits per heavy atom. The van der Waals surface area contributed by atoms with E-state index in [0.29, 0.717) is 12.0 Å². The van der Waals surface area contributed by atoms with Gasteiger partial charge in [-0.2, -0.15) is 0 Å². The standard InChI is InChI=1S/C26H30N4O2/c1-18(31)27-21-6-8-22(9-7-21)29-14-11-23(12-15-29)30-13-10-20(17-30)25-16-19-4-2-3-5-24(19)26(32)28-25/h2-9,16,20,23H,10-15,17H2,1H3,(H,27,31)(H,28,32). The van der Waals surface area contributed by atoms with Gasteiger partial charge in [-0.25, -0.2) is 0 Å². The van der Waals surface area contributed by atoms with E-state index in [0.717, 1.165) is 67.6 Å². The van der Waals surface area contributed by atoms with Crippen LogP contribution in [-0.2, 0) is 4.79 Å². The summed E-state index contributed by atoms with van der Waals surface area (Å²) < 4.78 is 0. The van der Waals surface area contributed by atoms with Gasteiger partial charge in [0.2, 0.25) is 5.91 Å². The fourth-order valence-electron chi connectivity index (χ4n) is 5.27. The molecule has 2 saturated heterocycles. The van der Waals surface area contributed by atoms with Crippen molar-refractivity contribution in [1.29, 1.82) is 0 Å². The van der Waals surface area contributed by atoms with E-state index in [1.54, 1.807) is 0 Å². The van der Waals surface area contributed by atoms with E-state index in [1.807, 2.05) is 36.4 Å². The number of hydrogen-bond donors (Lipinski definition) is 2. The van der Waals surface area contributed by atoms with Crippen LogP contribution in [0.15, 0.2) is 59.4 Å². The van der Waals surface area contributed by atoms with Crippen molar-refractivity contribution < 1.29 is 4.79 Å². The maximum absolute atomic E-state index is 12.5. The first kappa shape index (κ1) is 20.8. The zero-order chi connectivity index (χ0) is 22.1. The van der Waals surface area contributed by atoms with Crippen molar-refractivity contribution in [3.63, 3.8) is 0 Å². The Hall–Kier alpha value is -3.12. The first-order chi connectivity index (χ1) is 15.6. The molecule has 2 aliphatic rings. The second-order valence-corrected chi connectivity index (χ2v) is 9.07. The van der Waals surface area contributed by atoms with Gasteiger partial charge in [-0.3, -0.25) is 14.5 Å². The highest BCUT2D eigenvalue weighted by Crippen LogP contribution is 2.31. The van der Waals surface area contributed by atoms with Crippen molar-refractivity contribution in [2.45, 2.75) is 38.1 Å². The third-order valence-corrected chi connectivity index (χ3v) is 6.97. The minimum absolute atomic E-state index is 0.0226. The van der Waals surface area contributed by atoms with Gasteiger partial charge in [-0.15, -0.1) is 0 Å². The van der Waals surface area contributed by atoms with Crippen LogP contribution in [0.1, 0.15) is 37.8 Å². The first-order valence-corrected chi connectivity index (χ1v) is 11.6. The van der Waals surface area contributed by atoms with Gasteiger partial charge in [0.15, 0.2) is 0 Å². The second kappa shape index (κ2) is 8.79. The van der Waals surface area contributed by atoms with Gasteiger partial charge < -0.3 is 15.2 Å². The normalized spacial score (nSPS) is 20.0. The van der Waals surface area contributed by atoms with Crippen LogP contribution in [0.3, 0.4) is 0 Å². The molecule has 6 heteroatoms. The van der Waals surface area contributed by atoms with Gasteiger partial charge in [0.25, 0.3) is 5.56 Å². The lowest BCUT2D eigenvalue weighted by Crippen LogP contribution is -2.44. The number of carbonyl (C=O) groups excluding carboxylic acids is 1. The average molecular weight is 431 g/mol. The summed E-state index contributed by atoms with van der Waals surface area (Å²) >= 11 is 0. The van der Waals surface area contributed by atoms with Crippen LogP contribution in [0.4, 0.5) is 11.4 Å². The maximum atomic E-state index is 12.5. The number of fused-ring (bicyclic) bond motifs is 1. The number of aromatic nitrogens is 1. The Bertz CT molecular complexity index is 1160. The van der Waals surface area contributed by atoms with Crippen molar-refractivity contribution in [2.75, 3.05) is 36.4 Å². The van der Waals surface area contributed by atoms with Gasteiger partial charge in [0, 0.05) is 61.0 Å². The molecule has 0 spiro atoms. The number of rotatable bonds is 4. The fourth-order valence-corrected chi connectivity index (χ4v) is 5.27. The number of nitrogens with zero attached hydrogens (tertiary/aromatic N) is 2. The summed E-state index contributed by atoms with van der Waals surface area (Å²) in [6, 6.07) is 18.7. The van der Waals surface area contributed by atoms with E-state index in [9.17, 15) is 9.59 Å². The number of pyridine rings is 1. The molecule has 5 rings (SSSR count). The molecule has 3 aromatic rings. The Morgan fingerprint density at radius 2 is 1.75 bits per heavy atom. The SMILES string of the molecule is CC(=O)Nc1ccc(N2CCC(N3CCC(c4cc5ccccc5c(=O)[nH]4)C3)CC2)cc1. The zero-order valence-corrected chi connectivity index (χ0v) is 18.5. The molecule has 32 heavy (non-hydrogen) atoms. The summed E-state index contributed by atoms with van der Waals surface area (Å²) in [5.41, 5.74) is 3.15. The number of likely N-dealkylation sites (tertiary alicyclic amines) is 1. The Balaban J connectivity index is 1.19. The topological polar surface area (TPSA) is 68.4 Å². The molecular formula is C26H30N4O2. The lowest BCUT2D eigenvalue weighted by atomic mass is 10.0. The monoisotopic (exact) mass is 430 g/mol. The molecular weight excluding hydrogens is 400 g/mol. The molecule has 3 heterocycles. The van der Waals surface area contributed by atoms with E-state index in [4.69, 9.17) is 0 Å². The zero-order valence-electron chi connectivity index (χ0n) is 18.5. The number of nitrogens with one attached hydrogen (secondary N) is 2. The van der Waals surface area contributed by atoms with E-state index in [1.165, 1.54) is 12.6 Å². The minimum atomic E-state index is -0.0461. The summed E-state index contributed by atoms with van der Waals surface area (Å²) in [6.07, 6.45) is 3.39. The lowest BCUT2D eigenvalue weighted by molar-refractivity contribution is -0.114. The van der Waals surface area contributed by atoms with E-state index < -0.39 is 0 Å². The number of anilines is 2. The molecule has 1 amide bonds. The van der Waals surface area contributed by atoms with Gasteiger partial charge in [-0.05, 0) is 67.6 Å². The van der Waals surface area contributed by atoms with Crippen LogP contribution in [-0.4, -0.2) is 48.0 Å². The predicted octanol–water partition coefficient (Wildman–Crippen LogP) is 3.94. The molecule has 2 aromatic carbocycles. The molecule has 2 aliphatic heterocycles. The quantitative estimate of drug-likeness (QED) is 0.658. The van der Waals surface area contributed by atoms with Crippen LogP contribution < -0.4 is 15.8 Å². The maximum Gasteiger partial charge on any atom is 0.256 e. The summed E-state index contributed by atoms with van der Waals surface area (Å²) in [5, 5.41) is 4.62. The fraction of sp³-hybridized carbons (Fsp3) is 0.385. The predicted molar refractivity (Wildman–Crippen MR) is 129 cm³/mol. The van der Waals surface area contributed by atoms with Crippen LogP contribution in [0.2, 0.25) is 0 Å². The summed E-state index contributed by atoms with van der Waals surface area (Å²) in [5.74, 6) is 0.349. The van der Waals surface area contributed by atoms with Crippen molar-refractivity contribution in [1.82, 2.24) is 9.88 Å². The number of piperidine rings is 1. The smallest absolute Gasteiger partial charge is 0.256 e. The molecule has 166 valence electrons. The Labute approximate surface area is 188 Å². The molecule has 0 saturated carbocycles. The van der Waals surface area contributed by atoms with Crippen molar-refractivity contribution in [3.05, 3.63) is 70.6 Å². The van der Waals surface area contributed by atoms with Gasteiger partial charge in [-0.1, -0.05) is 18.2 Å². The van der Waals surface area contributed by atoms with Gasteiger partial charge in [0.1, 0.15) is 0 Å². The van der Waals surface area contributed by atoms with Crippen LogP contribution in [0.25, 0.3) is 10.8 Å². The molecule has 2 fully saturated rings. The second-order valence-electron chi connectivity index (χ2n) is 9.07. The number of amides is 1. The molecule has 0 radical (unpaired) electrons. The number of H-pyrrole nitrogens is 1. The lowest BCUT2D eigenvalue weighted by Gasteiger charge is -2.38. The van der Waals surface area contributed by atoms with E-state index in [-0.39, 0.29) is 11.5 Å². The number of hydrogen-bond acceptors (Lipinski definition) is 4. The molecule has 0 bridgehead atoms. The Kier molecular flexibility index (Phi) is 5.70. The molecule has 1 atom stereocenters. The van der Waals surface area contributed by atoms with Crippen molar-refractivity contribution in [3.8, 4) is 0 Å². The van der Waals surface area contributed by atoms with E-state index in [2.05, 4.69) is 38.3 Å². The molecule has 2 N–H and O–H groups in total.